The number of aliphatic hydroxyl groups is 1. The molecule has 3 aliphatic rings. The number of rotatable bonds is 5. The number of halogens is 2. The van der Waals surface area contributed by atoms with E-state index in [0.29, 0.717) is 32.1 Å². The molecular formula is C26H32F2N4O3S. The summed E-state index contributed by atoms with van der Waals surface area (Å²) in [6, 6.07) is 1.90. The van der Waals surface area contributed by atoms with Crippen LogP contribution in [0.25, 0.3) is 0 Å². The second-order valence-electron chi connectivity index (χ2n) is 10.4. The Morgan fingerprint density at radius 3 is 2.44 bits per heavy atom. The SMILES string of the molecule is CC1CCC(C2C=CC=CC2)S(=O)(=O)N1Cc1cc(F)c(C2(O)CCC(n3cnnc3)CC2)cc1F. The number of nitrogens with zero attached hydrogens (tertiary/aromatic N) is 4. The molecule has 10 heteroatoms. The maximum absolute atomic E-state index is 15.3. The summed E-state index contributed by atoms with van der Waals surface area (Å²) in [6.45, 7) is 1.58. The van der Waals surface area contributed by atoms with E-state index in [1.165, 1.54) is 4.31 Å². The lowest BCUT2D eigenvalue weighted by molar-refractivity contribution is -0.0155. The predicted octanol–water partition coefficient (Wildman–Crippen LogP) is 4.37. The Hall–Kier alpha value is -2.43. The molecule has 0 bridgehead atoms. The van der Waals surface area contributed by atoms with Gasteiger partial charge in [0.25, 0.3) is 0 Å². The number of hydrogen-bond acceptors (Lipinski definition) is 5. The molecule has 1 aromatic carbocycles. The van der Waals surface area contributed by atoms with Gasteiger partial charge in [0.2, 0.25) is 10.0 Å². The minimum absolute atomic E-state index is 0.0202. The Morgan fingerprint density at radius 1 is 1.06 bits per heavy atom. The molecule has 3 atom stereocenters. The van der Waals surface area contributed by atoms with Crippen LogP contribution < -0.4 is 0 Å². The molecule has 3 unspecified atom stereocenters. The molecule has 0 radical (unpaired) electrons. The lowest BCUT2D eigenvalue weighted by Gasteiger charge is -2.40. The van der Waals surface area contributed by atoms with Crippen molar-refractivity contribution in [2.75, 3.05) is 0 Å². The standard InChI is InChI=1S/C26H32F2N4O3S/c1-18-7-8-25(19-5-3-2-4-6-19)36(34,35)32(18)15-20-13-24(28)22(14-23(20)27)26(33)11-9-21(10-12-26)31-16-29-30-17-31/h2-5,13-14,16-19,21,25,33H,6-12,15H2,1H3. The number of aromatic nitrogens is 3. The molecule has 36 heavy (non-hydrogen) atoms. The van der Waals surface area contributed by atoms with Gasteiger partial charge in [-0.1, -0.05) is 24.3 Å². The highest BCUT2D eigenvalue weighted by Crippen LogP contribution is 2.43. The molecule has 1 aromatic heterocycles. The highest BCUT2D eigenvalue weighted by Gasteiger charge is 2.43. The van der Waals surface area contributed by atoms with Crippen LogP contribution in [0.15, 0.2) is 49.1 Å². The van der Waals surface area contributed by atoms with Crippen molar-refractivity contribution < 1.29 is 22.3 Å². The fourth-order valence-electron chi connectivity index (χ4n) is 5.96. The van der Waals surface area contributed by atoms with E-state index in [1.807, 2.05) is 35.8 Å². The Bertz CT molecular complexity index is 1250. The van der Waals surface area contributed by atoms with E-state index in [9.17, 15) is 13.5 Å². The topological polar surface area (TPSA) is 88.3 Å². The number of hydrogen-bond donors (Lipinski definition) is 1. The highest BCUT2D eigenvalue weighted by molar-refractivity contribution is 7.89. The summed E-state index contributed by atoms with van der Waals surface area (Å²) in [5.41, 5.74) is -1.57. The first-order chi connectivity index (χ1) is 17.2. The van der Waals surface area contributed by atoms with Crippen molar-refractivity contribution in [2.45, 2.75) is 81.3 Å². The normalized spacial score (nSPS) is 32.6. The van der Waals surface area contributed by atoms with Gasteiger partial charge in [-0.25, -0.2) is 17.2 Å². The van der Waals surface area contributed by atoms with Crippen LogP contribution in [0, 0.1) is 17.6 Å². The van der Waals surface area contributed by atoms with Crippen molar-refractivity contribution in [1.29, 1.82) is 0 Å². The first-order valence-corrected chi connectivity index (χ1v) is 14.1. The molecule has 2 fully saturated rings. The summed E-state index contributed by atoms with van der Waals surface area (Å²) < 4.78 is 60.8. The zero-order valence-corrected chi connectivity index (χ0v) is 21.1. The van der Waals surface area contributed by atoms with Crippen LogP contribution in [-0.2, 0) is 22.2 Å². The predicted molar refractivity (Wildman–Crippen MR) is 131 cm³/mol. The molecule has 1 N–H and O–H groups in total. The molecular weight excluding hydrogens is 486 g/mol. The van der Waals surface area contributed by atoms with Crippen LogP contribution in [0.5, 0.6) is 0 Å². The quantitative estimate of drug-likeness (QED) is 0.635. The van der Waals surface area contributed by atoms with Crippen molar-refractivity contribution in [2.24, 2.45) is 5.92 Å². The van der Waals surface area contributed by atoms with Gasteiger partial charge in [0.05, 0.1) is 10.9 Å². The van der Waals surface area contributed by atoms with Crippen LogP contribution in [0.1, 0.15) is 69.0 Å². The Balaban J connectivity index is 1.35. The van der Waals surface area contributed by atoms with E-state index in [2.05, 4.69) is 10.2 Å². The molecule has 2 aliphatic carbocycles. The average Bonchev–Trinajstić information content (AvgIpc) is 3.39. The highest BCUT2D eigenvalue weighted by atomic mass is 32.2. The maximum Gasteiger partial charge on any atom is 0.218 e. The summed E-state index contributed by atoms with van der Waals surface area (Å²) in [7, 11) is -3.71. The van der Waals surface area contributed by atoms with Gasteiger partial charge in [0.15, 0.2) is 0 Å². The minimum atomic E-state index is -3.71. The molecule has 5 rings (SSSR count). The van der Waals surface area contributed by atoms with Crippen LogP contribution >= 0.6 is 0 Å². The molecule has 7 nitrogen and oxygen atoms in total. The third kappa shape index (κ3) is 4.66. The van der Waals surface area contributed by atoms with Gasteiger partial charge in [0, 0.05) is 29.8 Å². The van der Waals surface area contributed by atoms with E-state index in [0.717, 1.165) is 12.1 Å². The monoisotopic (exact) mass is 518 g/mol. The maximum atomic E-state index is 15.3. The Morgan fingerprint density at radius 2 is 1.78 bits per heavy atom. The van der Waals surface area contributed by atoms with Crippen molar-refractivity contribution in [1.82, 2.24) is 19.1 Å². The van der Waals surface area contributed by atoms with E-state index >= 15 is 8.78 Å². The molecule has 2 aromatic rings. The van der Waals surface area contributed by atoms with E-state index < -0.39 is 32.5 Å². The van der Waals surface area contributed by atoms with Gasteiger partial charge in [0.1, 0.15) is 24.3 Å². The summed E-state index contributed by atoms with van der Waals surface area (Å²) in [6.07, 6.45) is 14.4. The van der Waals surface area contributed by atoms with Gasteiger partial charge in [-0.15, -0.1) is 10.2 Å². The molecule has 2 heterocycles. The van der Waals surface area contributed by atoms with Crippen molar-refractivity contribution in [3.8, 4) is 0 Å². The third-order valence-corrected chi connectivity index (χ3v) is 10.7. The fourth-order valence-corrected chi connectivity index (χ4v) is 8.31. The van der Waals surface area contributed by atoms with Crippen molar-refractivity contribution in [3.05, 3.63) is 71.9 Å². The Kier molecular flexibility index (Phi) is 6.86. The summed E-state index contributed by atoms with van der Waals surface area (Å²) in [5.74, 6) is -1.54. The van der Waals surface area contributed by atoms with Crippen molar-refractivity contribution >= 4 is 10.0 Å². The molecule has 1 saturated heterocycles. The molecule has 0 spiro atoms. The van der Waals surface area contributed by atoms with Crippen molar-refractivity contribution in [3.63, 3.8) is 0 Å². The summed E-state index contributed by atoms with van der Waals surface area (Å²) in [4.78, 5) is 0. The van der Waals surface area contributed by atoms with E-state index in [4.69, 9.17) is 0 Å². The fraction of sp³-hybridized carbons (Fsp3) is 0.538. The zero-order valence-electron chi connectivity index (χ0n) is 20.3. The van der Waals surface area contributed by atoms with Crippen LogP contribution in [0.4, 0.5) is 8.78 Å². The lowest BCUT2D eigenvalue weighted by Crippen LogP contribution is -2.50. The largest absolute Gasteiger partial charge is 0.385 e. The average molecular weight is 519 g/mol. The van der Waals surface area contributed by atoms with Gasteiger partial charge < -0.3 is 9.67 Å². The van der Waals surface area contributed by atoms with E-state index in [1.54, 1.807) is 12.7 Å². The second-order valence-corrected chi connectivity index (χ2v) is 12.5. The number of benzene rings is 1. The molecule has 1 aliphatic heterocycles. The first kappa shape index (κ1) is 25.2. The second kappa shape index (κ2) is 9.79. The van der Waals surface area contributed by atoms with Crippen LogP contribution in [-0.4, -0.2) is 43.9 Å². The number of sulfonamides is 1. The molecule has 1 saturated carbocycles. The zero-order chi connectivity index (χ0) is 25.5. The smallest absolute Gasteiger partial charge is 0.218 e. The van der Waals surface area contributed by atoms with Gasteiger partial charge >= 0.3 is 0 Å². The van der Waals surface area contributed by atoms with Crippen LogP contribution in [0.2, 0.25) is 0 Å². The number of allylic oxidation sites excluding steroid dienone is 4. The molecule has 0 amide bonds. The van der Waals surface area contributed by atoms with Crippen LogP contribution in [0.3, 0.4) is 0 Å². The lowest BCUT2D eigenvalue weighted by atomic mass is 9.77. The minimum Gasteiger partial charge on any atom is -0.385 e. The van der Waals surface area contributed by atoms with Gasteiger partial charge in [-0.05, 0) is 69.9 Å². The van der Waals surface area contributed by atoms with E-state index in [-0.39, 0.29) is 48.5 Å². The summed E-state index contributed by atoms with van der Waals surface area (Å²) in [5, 5.41) is 18.3. The summed E-state index contributed by atoms with van der Waals surface area (Å²) >= 11 is 0. The molecule has 194 valence electrons. The van der Waals surface area contributed by atoms with Gasteiger partial charge in [-0.2, -0.15) is 4.31 Å². The Labute approximate surface area is 210 Å². The van der Waals surface area contributed by atoms with Gasteiger partial charge in [-0.3, -0.25) is 0 Å². The first-order valence-electron chi connectivity index (χ1n) is 12.6. The third-order valence-electron chi connectivity index (χ3n) is 8.17.